The van der Waals surface area contributed by atoms with Crippen molar-refractivity contribution in [1.82, 2.24) is 0 Å². The Hall–Kier alpha value is -3.99. The summed E-state index contributed by atoms with van der Waals surface area (Å²) in [7, 11) is 0. The number of benzene rings is 4. The fourth-order valence-electron chi connectivity index (χ4n) is 3.12. The maximum atomic E-state index is 12.2. The van der Waals surface area contributed by atoms with Crippen molar-refractivity contribution in [2.45, 2.75) is 6.54 Å². The molecule has 0 aromatic heterocycles. The number of nitrogens with zero attached hydrogens (tertiary/aromatic N) is 2. The third-order valence-corrected chi connectivity index (χ3v) is 4.58. The highest BCUT2D eigenvalue weighted by atomic mass is 16.3. The van der Waals surface area contributed by atoms with Gasteiger partial charge in [-0.15, -0.1) is 10.2 Å². The van der Waals surface area contributed by atoms with Crippen LogP contribution in [-0.4, -0.2) is 11.0 Å². The predicted octanol–water partition coefficient (Wildman–Crippen LogP) is 6.08. The standard InChI is InChI=1S/C24H19N3O2/c28-22-15-21(25-16-17-9-3-1-4-10-17)19-13-7-8-14-20(19)23(22)26-27-24(29)18-11-5-2-6-12-18/h1-15,25,28H,16H2. The first-order chi connectivity index (χ1) is 14.2. The first-order valence-electron chi connectivity index (χ1n) is 9.26. The summed E-state index contributed by atoms with van der Waals surface area (Å²) < 4.78 is 0. The van der Waals surface area contributed by atoms with E-state index in [9.17, 15) is 9.90 Å². The van der Waals surface area contributed by atoms with Gasteiger partial charge in [-0.2, -0.15) is 0 Å². The minimum Gasteiger partial charge on any atom is -0.506 e. The second kappa shape index (κ2) is 8.35. The molecule has 0 bridgehead atoms. The van der Waals surface area contributed by atoms with Gasteiger partial charge in [0.05, 0.1) is 0 Å². The second-order valence-corrected chi connectivity index (χ2v) is 6.55. The fraction of sp³-hybridized carbons (Fsp3) is 0.0417. The van der Waals surface area contributed by atoms with E-state index in [-0.39, 0.29) is 11.4 Å². The summed E-state index contributed by atoms with van der Waals surface area (Å²) in [6, 6.07) is 27.9. The first-order valence-corrected chi connectivity index (χ1v) is 9.26. The van der Waals surface area contributed by atoms with Crippen LogP contribution in [0.3, 0.4) is 0 Å². The van der Waals surface area contributed by atoms with Crippen LogP contribution in [0, 0.1) is 0 Å². The van der Waals surface area contributed by atoms with Crippen LogP contribution >= 0.6 is 0 Å². The number of carbonyl (C=O) groups is 1. The summed E-state index contributed by atoms with van der Waals surface area (Å²) in [4.78, 5) is 12.2. The number of amides is 1. The van der Waals surface area contributed by atoms with Crippen LogP contribution in [0.2, 0.25) is 0 Å². The molecule has 2 N–H and O–H groups in total. The molecule has 0 atom stereocenters. The summed E-state index contributed by atoms with van der Waals surface area (Å²) in [6.45, 7) is 0.623. The molecule has 0 fully saturated rings. The van der Waals surface area contributed by atoms with Crippen LogP contribution in [0.25, 0.3) is 10.8 Å². The van der Waals surface area contributed by atoms with Gasteiger partial charge in [-0.1, -0.05) is 72.8 Å². The van der Waals surface area contributed by atoms with E-state index in [1.165, 1.54) is 0 Å². The van der Waals surface area contributed by atoms with Gasteiger partial charge >= 0.3 is 0 Å². The van der Waals surface area contributed by atoms with Crippen molar-refractivity contribution >= 4 is 28.1 Å². The SMILES string of the molecule is O=C(N=Nc1c(O)cc(NCc2ccccc2)c2ccccc12)c1ccccc1. The normalized spacial score (nSPS) is 11.0. The fourth-order valence-corrected chi connectivity index (χ4v) is 3.12. The molecule has 4 aromatic carbocycles. The Morgan fingerprint density at radius 2 is 1.45 bits per heavy atom. The van der Waals surface area contributed by atoms with Crippen molar-refractivity contribution in [2.75, 3.05) is 5.32 Å². The van der Waals surface area contributed by atoms with E-state index in [0.29, 0.717) is 17.5 Å². The van der Waals surface area contributed by atoms with E-state index in [2.05, 4.69) is 15.5 Å². The van der Waals surface area contributed by atoms with Gasteiger partial charge in [-0.05, 0) is 17.7 Å². The molecule has 0 unspecified atom stereocenters. The average molecular weight is 381 g/mol. The molecule has 4 aromatic rings. The van der Waals surface area contributed by atoms with E-state index in [4.69, 9.17) is 0 Å². The molecule has 0 aliphatic rings. The van der Waals surface area contributed by atoms with Gasteiger partial charge in [0.15, 0.2) is 0 Å². The molecule has 29 heavy (non-hydrogen) atoms. The third-order valence-electron chi connectivity index (χ3n) is 4.58. The molecule has 142 valence electrons. The van der Waals surface area contributed by atoms with Gasteiger partial charge in [0.2, 0.25) is 0 Å². The highest BCUT2D eigenvalue weighted by Gasteiger charge is 2.12. The monoisotopic (exact) mass is 381 g/mol. The first kappa shape index (κ1) is 18.4. The summed E-state index contributed by atoms with van der Waals surface area (Å²) in [6.07, 6.45) is 0. The maximum Gasteiger partial charge on any atom is 0.295 e. The van der Waals surface area contributed by atoms with Crippen molar-refractivity contribution in [3.05, 3.63) is 102 Å². The summed E-state index contributed by atoms with van der Waals surface area (Å²) in [5, 5.41) is 23.4. The molecule has 5 nitrogen and oxygen atoms in total. The minimum atomic E-state index is -0.458. The molecule has 4 rings (SSSR count). The molecule has 0 saturated heterocycles. The van der Waals surface area contributed by atoms with Gasteiger partial charge in [-0.3, -0.25) is 4.79 Å². The Bertz CT molecular complexity index is 1170. The maximum absolute atomic E-state index is 12.2. The van der Waals surface area contributed by atoms with E-state index < -0.39 is 5.91 Å². The molecule has 0 saturated carbocycles. The number of fused-ring (bicyclic) bond motifs is 1. The van der Waals surface area contributed by atoms with Crippen molar-refractivity contribution < 1.29 is 9.90 Å². The van der Waals surface area contributed by atoms with E-state index in [0.717, 1.165) is 16.6 Å². The number of hydrogen-bond acceptors (Lipinski definition) is 4. The Kier molecular flexibility index (Phi) is 5.29. The molecular formula is C24H19N3O2. The number of hydrogen-bond donors (Lipinski definition) is 2. The van der Waals surface area contributed by atoms with Crippen LogP contribution < -0.4 is 5.32 Å². The van der Waals surface area contributed by atoms with Crippen molar-refractivity contribution in [3.63, 3.8) is 0 Å². The Morgan fingerprint density at radius 1 is 0.828 bits per heavy atom. The van der Waals surface area contributed by atoms with Crippen molar-refractivity contribution in [1.29, 1.82) is 0 Å². The molecule has 5 heteroatoms. The van der Waals surface area contributed by atoms with E-state index >= 15 is 0 Å². The number of nitrogens with one attached hydrogen (secondary N) is 1. The summed E-state index contributed by atoms with van der Waals surface area (Å²) >= 11 is 0. The minimum absolute atomic E-state index is 0.0381. The van der Waals surface area contributed by atoms with Crippen molar-refractivity contribution in [3.8, 4) is 5.75 Å². The van der Waals surface area contributed by atoms with Crippen LogP contribution in [0.15, 0.2) is 101 Å². The summed E-state index contributed by atoms with van der Waals surface area (Å²) in [5.74, 6) is -0.496. The van der Waals surface area contributed by atoms with E-state index in [1.807, 2.05) is 60.7 Å². The number of carbonyl (C=O) groups excluding carboxylic acids is 1. The third kappa shape index (κ3) is 4.14. The lowest BCUT2D eigenvalue weighted by atomic mass is 10.1. The largest absolute Gasteiger partial charge is 0.506 e. The molecule has 0 aliphatic carbocycles. The van der Waals surface area contributed by atoms with Gasteiger partial charge in [0.1, 0.15) is 11.4 Å². The number of phenolic OH excluding ortho intramolecular Hbond substituents is 1. The number of rotatable bonds is 5. The number of aromatic hydroxyl groups is 1. The smallest absolute Gasteiger partial charge is 0.295 e. The highest BCUT2D eigenvalue weighted by molar-refractivity contribution is 6.03. The molecule has 0 radical (unpaired) electrons. The lowest BCUT2D eigenvalue weighted by Gasteiger charge is -2.12. The number of phenols is 1. The molecular weight excluding hydrogens is 362 g/mol. The van der Waals surface area contributed by atoms with Crippen LogP contribution in [-0.2, 0) is 6.54 Å². The van der Waals surface area contributed by atoms with Gasteiger partial charge in [0.25, 0.3) is 5.91 Å². The van der Waals surface area contributed by atoms with Crippen LogP contribution in [0.5, 0.6) is 5.75 Å². The van der Waals surface area contributed by atoms with Crippen LogP contribution in [0.1, 0.15) is 15.9 Å². The Labute approximate surface area is 168 Å². The number of anilines is 1. The van der Waals surface area contributed by atoms with Gasteiger partial charge in [0, 0.05) is 34.6 Å². The molecule has 0 spiro atoms. The predicted molar refractivity (Wildman–Crippen MR) is 115 cm³/mol. The molecule has 0 heterocycles. The topological polar surface area (TPSA) is 74.0 Å². The van der Waals surface area contributed by atoms with Crippen molar-refractivity contribution in [2.24, 2.45) is 10.2 Å². The van der Waals surface area contributed by atoms with Crippen LogP contribution in [0.4, 0.5) is 11.4 Å². The van der Waals surface area contributed by atoms with E-state index in [1.54, 1.807) is 30.3 Å². The lowest BCUT2D eigenvalue weighted by molar-refractivity contribution is 0.0995. The second-order valence-electron chi connectivity index (χ2n) is 6.55. The number of azo groups is 1. The summed E-state index contributed by atoms with van der Waals surface area (Å²) in [5.41, 5.74) is 2.64. The Balaban J connectivity index is 1.66. The molecule has 0 aliphatic heterocycles. The average Bonchev–Trinajstić information content (AvgIpc) is 2.78. The van der Waals surface area contributed by atoms with Gasteiger partial charge < -0.3 is 10.4 Å². The Morgan fingerprint density at radius 3 is 2.17 bits per heavy atom. The zero-order valence-electron chi connectivity index (χ0n) is 15.6. The molecule has 1 amide bonds. The quantitative estimate of drug-likeness (QED) is 0.411. The van der Waals surface area contributed by atoms with Gasteiger partial charge in [-0.25, -0.2) is 0 Å². The zero-order valence-corrected chi connectivity index (χ0v) is 15.6. The lowest BCUT2D eigenvalue weighted by Crippen LogP contribution is -2.00. The zero-order chi connectivity index (χ0) is 20.1. The highest BCUT2D eigenvalue weighted by Crippen LogP contribution is 2.40.